The van der Waals surface area contributed by atoms with E-state index < -0.39 is 5.60 Å². The van der Waals surface area contributed by atoms with E-state index in [1.165, 1.54) is 26.7 Å². The highest BCUT2D eigenvalue weighted by atomic mass is 16.6. The lowest BCUT2D eigenvalue weighted by Gasteiger charge is -2.65. The average molecular weight is 419 g/mol. The zero-order valence-corrected chi connectivity index (χ0v) is 19.3. The van der Waals surface area contributed by atoms with E-state index in [1.54, 1.807) is 0 Å². The molecular formula is C25H38O5. The van der Waals surface area contributed by atoms with Crippen molar-refractivity contribution < 1.29 is 23.9 Å². The molecule has 30 heavy (non-hydrogen) atoms. The number of ketones is 1. The highest BCUT2D eigenvalue weighted by Gasteiger charge is 2.65. The van der Waals surface area contributed by atoms with E-state index in [9.17, 15) is 14.4 Å². The van der Waals surface area contributed by atoms with Crippen LogP contribution < -0.4 is 0 Å². The third-order valence-electron chi connectivity index (χ3n) is 9.99. The molecule has 0 N–H and O–H groups in total. The number of carbonyl (C=O) groups excluding carboxylic acids is 3. The molecule has 5 heteroatoms. The lowest BCUT2D eigenvalue weighted by molar-refractivity contribution is -0.215. The van der Waals surface area contributed by atoms with Crippen molar-refractivity contribution in [1.29, 1.82) is 0 Å². The Labute approximate surface area is 180 Å². The van der Waals surface area contributed by atoms with Crippen molar-refractivity contribution in [3.05, 3.63) is 0 Å². The first-order valence-corrected chi connectivity index (χ1v) is 11.9. The Balaban J connectivity index is 1.59. The Morgan fingerprint density at radius 2 is 1.63 bits per heavy atom. The Morgan fingerprint density at radius 3 is 2.30 bits per heavy atom. The number of ether oxygens (including phenoxy) is 2. The van der Waals surface area contributed by atoms with Crippen LogP contribution in [0.1, 0.15) is 92.4 Å². The molecule has 5 nitrogen and oxygen atoms in total. The van der Waals surface area contributed by atoms with Crippen LogP contribution in [0.15, 0.2) is 0 Å². The lowest BCUT2D eigenvalue weighted by atomic mass is 9.41. The van der Waals surface area contributed by atoms with Crippen LogP contribution in [0.4, 0.5) is 0 Å². The fraction of sp³-hybridized carbons (Fsp3) is 0.880. The van der Waals surface area contributed by atoms with Gasteiger partial charge in [0, 0.05) is 25.7 Å². The third kappa shape index (κ3) is 3.14. The summed E-state index contributed by atoms with van der Waals surface area (Å²) in [4.78, 5) is 36.3. The van der Waals surface area contributed by atoms with E-state index in [4.69, 9.17) is 9.47 Å². The molecule has 4 saturated carbocycles. The van der Waals surface area contributed by atoms with Crippen molar-refractivity contribution in [3.63, 3.8) is 0 Å². The van der Waals surface area contributed by atoms with E-state index in [1.807, 2.05) is 6.92 Å². The molecule has 4 aliphatic carbocycles. The van der Waals surface area contributed by atoms with Gasteiger partial charge in [-0.15, -0.1) is 0 Å². The topological polar surface area (TPSA) is 69.7 Å². The van der Waals surface area contributed by atoms with Gasteiger partial charge in [0.15, 0.2) is 11.4 Å². The molecule has 4 aliphatic rings. The van der Waals surface area contributed by atoms with Gasteiger partial charge in [0.2, 0.25) is 0 Å². The number of rotatable bonds is 2. The molecule has 0 spiro atoms. The van der Waals surface area contributed by atoms with Crippen LogP contribution in [-0.4, -0.2) is 29.4 Å². The first-order valence-electron chi connectivity index (χ1n) is 11.9. The fourth-order valence-corrected chi connectivity index (χ4v) is 8.31. The Kier molecular flexibility index (Phi) is 5.34. The maximum absolute atomic E-state index is 13.0. The predicted octanol–water partition coefficient (Wildman–Crippen LogP) is 4.85. The molecular weight excluding hydrogens is 380 g/mol. The molecule has 8 atom stereocenters. The minimum atomic E-state index is -1.00. The van der Waals surface area contributed by atoms with Gasteiger partial charge in [-0.05, 0) is 87.4 Å². The summed E-state index contributed by atoms with van der Waals surface area (Å²) in [6.45, 7) is 9.49. The van der Waals surface area contributed by atoms with E-state index in [0.717, 1.165) is 38.5 Å². The maximum Gasteiger partial charge on any atom is 0.303 e. The first kappa shape index (κ1) is 21.8. The van der Waals surface area contributed by atoms with Crippen molar-refractivity contribution in [3.8, 4) is 0 Å². The lowest BCUT2D eigenvalue weighted by Crippen LogP contribution is -2.65. The summed E-state index contributed by atoms with van der Waals surface area (Å²) < 4.78 is 11.4. The van der Waals surface area contributed by atoms with E-state index in [2.05, 4.69) is 13.8 Å². The van der Waals surface area contributed by atoms with Crippen molar-refractivity contribution in [2.45, 2.75) is 104 Å². The van der Waals surface area contributed by atoms with E-state index in [0.29, 0.717) is 30.1 Å². The summed E-state index contributed by atoms with van der Waals surface area (Å²) in [6, 6.07) is 0. The van der Waals surface area contributed by atoms with Crippen molar-refractivity contribution in [2.24, 2.45) is 34.5 Å². The summed E-state index contributed by atoms with van der Waals surface area (Å²) in [5.74, 6) is 1.82. The zero-order chi connectivity index (χ0) is 21.9. The molecule has 0 heterocycles. The minimum absolute atomic E-state index is 0.0746. The summed E-state index contributed by atoms with van der Waals surface area (Å²) >= 11 is 0. The number of esters is 2. The molecule has 0 aromatic rings. The summed E-state index contributed by atoms with van der Waals surface area (Å²) in [6.07, 6.45) is 8.93. The van der Waals surface area contributed by atoms with Crippen LogP contribution in [0.2, 0.25) is 0 Å². The second kappa shape index (κ2) is 7.34. The minimum Gasteiger partial charge on any atom is -0.463 e. The van der Waals surface area contributed by atoms with Crippen LogP contribution in [0.5, 0.6) is 0 Å². The molecule has 168 valence electrons. The molecule has 0 bridgehead atoms. The van der Waals surface area contributed by atoms with Crippen molar-refractivity contribution in [2.75, 3.05) is 0 Å². The third-order valence-corrected chi connectivity index (χ3v) is 9.99. The van der Waals surface area contributed by atoms with Gasteiger partial charge in [0.1, 0.15) is 6.10 Å². The van der Waals surface area contributed by atoms with Gasteiger partial charge in [-0.3, -0.25) is 14.4 Å². The molecule has 4 fully saturated rings. The molecule has 0 aromatic heterocycles. The van der Waals surface area contributed by atoms with Gasteiger partial charge in [-0.25, -0.2) is 0 Å². The van der Waals surface area contributed by atoms with Gasteiger partial charge < -0.3 is 9.47 Å². The van der Waals surface area contributed by atoms with Crippen LogP contribution in [0, 0.1) is 34.5 Å². The largest absolute Gasteiger partial charge is 0.463 e. The molecule has 0 radical (unpaired) electrons. The Hall–Kier alpha value is -1.39. The molecule has 4 rings (SSSR count). The van der Waals surface area contributed by atoms with E-state index in [-0.39, 0.29) is 34.7 Å². The monoisotopic (exact) mass is 418 g/mol. The van der Waals surface area contributed by atoms with Crippen LogP contribution in [0.3, 0.4) is 0 Å². The molecule has 0 amide bonds. The first-order chi connectivity index (χ1) is 14.0. The number of Topliss-reactive ketones (excluding diaryl/α,β-unsaturated/α-hetero) is 1. The van der Waals surface area contributed by atoms with Crippen LogP contribution in [-0.2, 0) is 23.9 Å². The van der Waals surface area contributed by atoms with Crippen molar-refractivity contribution >= 4 is 17.7 Å². The SMILES string of the molecule is CC(=O)O[C@@H]1CC[C@@]2(C)[C@@H](CC[C@H]3[C@H]2CC[C@]2(C)[C@@H]3CCC(=O)[C@@]2(C)OC(C)=O)C1. The number of hydrogen-bond acceptors (Lipinski definition) is 5. The zero-order valence-electron chi connectivity index (χ0n) is 19.3. The number of fused-ring (bicyclic) bond motifs is 5. The number of carbonyl (C=O) groups is 3. The summed E-state index contributed by atoms with van der Waals surface area (Å²) in [5.41, 5.74) is -1.01. The van der Waals surface area contributed by atoms with Crippen molar-refractivity contribution in [1.82, 2.24) is 0 Å². The average Bonchev–Trinajstić information content (AvgIpc) is 2.65. The second-order valence-corrected chi connectivity index (χ2v) is 11.2. The molecule has 0 aliphatic heterocycles. The van der Waals surface area contributed by atoms with Gasteiger partial charge in [-0.2, -0.15) is 0 Å². The Morgan fingerprint density at radius 1 is 0.900 bits per heavy atom. The van der Waals surface area contributed by atoms with Crippen LogP contribution >= 0.6 is 0 Å². The highest BCUT2D eigenvalue weighted by molar-refractivity contribution is 5.91. The molecule has 0 saturated heterocycles. The fourth-order valence-electron chi connectivity index (χ4n) is 8.31. The predicted molar refractivity (Wildman–Crippen MR) is 112 cm³/mol. The second-order valence-electron chi connectivity index (χ2n) is 11.2. The van der Waals surface area contributed by atoms with E-state index >= 15 is 0 Å². The highest BCUT2D eigenvalue weighted by Crippen LogP contribution is 2.67. The standard InChI is InChI=1S/C25H38O5/c1-15(26)29-18-10-12-23(3)17(14-18)6-7-19-20(23)11-13-24(4)21(19)8-9-22(28)25(24,5)30-16(2)27/h17-21H,6-14H2,1-5H3/t17-,18+,19-,20+,21+,23-,24+,25+/m0/s1. The van der Waals surface area contributed by atoms with Gasteiger partial charge in [-0.1, -0.05) is 13.8 Å². The molecule has 0 aromatic carbocycles. The normalized spacial score (nSPS) is 48.0. The van der Waals surface area contributed by atoms with Gasteiger partial charge in [0.25, 0.3) is 0 Å². The van der Waals surface area contributed by atoms with Gasteiger partial charge >= 0.3 is 11.9 Å². The summed E-state index contributed by atoms with van der Waals surface area (Å²) in [7, 11) is 0. The Bertz CT molecular complexity index is 746. The number of hydrogen-bond donors (Lipinski definition) is 0. The quantitative estimate of drug-likeness (QED) is 0.600. The van der Waals surface area contributed by atoms with Crippen LogP contribution in [0.25, 0.3) is 0 Å². The smallest absolute Gasteiger partial charge is 0.303 e. The maximum atomic E-state index is 13.0. The van der Waals surface area contributed by atoms with Gasteiger partial charge in [0.05, 0.1) is 0 Å². The summed E-state index contributed by atoms with van der Waals surface area (Å²) in [5, 5.41) is 0. The molecule has 0 unspecified atom stereocenters.